The molecule has 5 nitrogen and oxygen atoms in total. The van der Waals surface area contributed by atoms with E-state index in [0.717, 1.165) is 0 Å². The fourth-order valence-electron chi connectivity index (χ4n) is 1.70. The van der Waals surface area contributed by atoms with Gasteiger partial charge in [0.1, 0.15) is 0 Å². The van der Waals surface area contributed by atoms with Gasteiger partial charge in [0.2, 0.25) is 11.8 Å². The summed E-state index contributed by atoms with van der Waals surface area (Å²) in [6, 6.07) is 10.4. The molecule has 3 rings (SSSR count). The van der Waals surface area contributed by atoms with Gasteiger partial charge in [-0.05, 0) is 30.3 Å². The van der Waals surface area contributed by atoms with Gasteiger partial charge in [0.25, 0.3) is 0 Å². The standard InChI is InChI=1S/C13H9N3O2/c14-11(17)8-3-1-4-9(7-8)13-16-12-10(18-13)5-2-6-15-12/h1-7H,(H2,14,17). The van der Waals surface area contributed by atoms with Crippen LogP contribution in [-0.4, -0.2) is 15.9 Å². The predicted octanol–water partition coefficient (Wildman–Crippen LogP) is 1.99. The van der Waals surface area contributed by atoms with Gasteiger partial charge in [-0.2, -0.15) is 4.98 Å². The average molecular weight is 239 g/mol. The summed E-state index contributed by atoms with van der Waals surface area (Å²) in [5.74, 6) is -0.0575. The number of oxazole rings is 1. The van der Waals surface area contributed by atoms with Gasteiger partial charge >= 0.3 is 0 Å². The van der Waals surface area contributed by atoms with E-state index in [1.165, 1.54) is 0 Å². The van der Waals surface area contributed by atoms with E-state index in [-0.39, 0.29) is 0 Å². The van der Waals surface area contributed by atoms with Crippen molar-refractivity contribution >= 4 is 17.1 Å². The summed E-state index contributed by atoms with van der Waals surface area (Å²) in [5, 5.41) is 0. The highest BCUT2D eigenvalue weighted by atomic mass is 16.3. The minimum atomic E-state index is -0.480. The minimum absolute atomic E-state index is 0.419. The number of carbonyl (C=O) groups is 1. The molecule has 2 heterocycles. The highest BCUT2D eigenvalue weighted by Gasteiger charge is 2.10. The molecule has 2 aromatic heterocycles. The molecule has 0 aliphatic heterocycles. The van der Waals surface area contributed by atoms with Crippen molar-refractivity contribution in [2.75, 3.05) is 0 Å². The molecular formula is C13H9N3O2. The smallest absolute Gasteiger partial charge is 0.248 e. The molecule has 2 N–H and O–H groups in total. The topological polar surface area (TPSA) is 82.0 Å². The quantitative estimate of drug-likeness (QED) is 0.741. The van der Waals surface area contributed by atoms with Crippen LogP contribution >= 0.6 is 0 Å². The number of rotatable bonds is 2. The van der Waals surface area contributed by atoms with Crippen molar-refractivity contribution in [1.29, 1.82) is 0 Å². The molecule has 0 aliphatic carbocycles. The third-order valence-corrected chi connectivity index (χ3v) is 2.56. The first-order chi connectivity index (χ1) is 8.74. The number of carbonyl (C=O) groups excluding carboxylic acids is 1. The number of benzene rings is 1. The Morgan fingerprint density at radius 3 is 2.89 bits per heavy atom. The number of hydrogen-bond donors (Lipinski definition) is 1. The second kappa shape index (κ2) is 3.96. The molecule has 0 bridgehead atoms. The lowest BCUT2D eigenvalue weighted by molar-refractivity contribution is 0.100. The van der Waals surface area contributed by atoms with Crippen LogP contribution in [0.5, 0.6) is 0 Å². The van der Waals surface area contributed by atoms with E-state index in [1.807, 2.05) is 0 Å². The van der Waals surface area contributed by atoms with Crippen molar-refractivity contribution in [1.82, 2.24) is 9.97 Å². The van der Waals surface area contributed by atoms with E-state index in [1.54, 1.807) is 42.6 Å². The summed E-state index contributed by atoms with van der Waals surface area (Å²) in [7, 11) is 0. The van der Waals surface area contributed by atoms with E-state index < -0.39 is 5.91 Å². The second-order valence-electron chi connectivity index (χ2n) is 3.79. The number of pyridine rings is 1. The third kappa shape index (κ3) is 1.71. The molecule has 0 unspecified atom stereocenters. The number of aromatic nitrogens is 2. The lowest BCUT2D eigenvalue weighted by Crippen LogP contribution is -2.10. The summed E-state index contributed by atoms with van der Waals surface area (Å²) in [4.78, 5) is 19.5. The number of nitrogens with two attached hydrogens (primary N) is 1. The Kier molecular flexibility index (Phi) is 2.30. The van der Waals surface area contributed by atoms with Crippen LogP contribution in [0.15, 0.2) is 47.0 Å². The van der Waals surface area contributed by atoms with Gasteiger partial charge in [0, 0.05) is 17.3 Å². The summed E-state index contributed by atoms with van der Waals surface area (Å²) < 4.78 is 5.56. The Hall–Kier alpha value is -2.69. The van der Waals surface area contributed by atoms with Crippen molar-refractivity contribution in [2.24, 2.45) is 5.73 Å². The maximum atomic E-state index is 11.1. The minimum Gasteiger partial charge on any atom is -0.434 e. The molecule has 1 aromatic carbocycles. The summed E-state index contributed by atoms with van der Waals surface area (Å²) in [6.45, 7) is 0. The number of nitrogens with zero attached hydrogens (tertiary/aromatic N) is 2. The Morgan fingerprint density at radius 2 is 2.11 bits per heavy atom. The van der Waals surface area contributed by atoms with E-state index in [9.17, 15) is 4.79 Å². The lowest BCUT2D eigenvalue weighted by Gasteiger charge is -1.97. The molecule has 88 valence electrons. The van der Waals surface area contributed by atoms with Crippen molar-refractivity contribution in [3.05, 3.63) is 48.2 Å². The number of hydrogen-bond acceptors (Lipinski definition) is 4. The molecule has 18 heavy (non-hydrogen) atoms. The first-order valence-corrected chi connectivity index (χ1v) is 5.36. The maximum absolute atomic E-state index is 11.1. The lowest BCUT2D eigenvalue weighted by atomic mass is 10.1. The van der Waals surface area contributed by atoms with Crippen LogP contribution in [0.3, 0.4) is 0 Å². The van der Waals surface area contributed by atoms with Crippen molar-refractivity contribution in [3.8, 4) is 11.5 Å². The van der Waals surface area contributed by atoms with E-state index in [0.29, 0.717) is 28.2 Å². The zero-order chi connectivity index (χ0) is 12.5. The number of amides is 1. The molecule has 0 saturated heterocycles. The number of primary amides is 1. The first-order valence-electron chi connectivity index (χ1n) is 5.36. The summed E-state index contributed by atoms with van der Waals surface area (Å²) in [6.07, 6.45) is 1.65. The van der Waals surface area contributed by atoms with Crippen LogP contribution in [0.25, 0.3) is 22.7 Å². The van der Waals surface area contributed by atoms with Crippen LogP contribution in [0.1, 0.15) is 10.4 Å². The average Bonchev–Trinajstić information content (AvgIpc) is 2.82. The van der Waals surface area contributed by atoms with Crippen molar-refractivity contribution in [2.45, 2.75) is 0 Å². The Balaban J connectivity index is 2.13. The van der Waals surface area contributed by atoms with Gasteiger partial charge in [-0.15, -0.1) is 0 Å². The predicted molar refractivity (Wildman–Crippen MR) is 65.8 cm³/mol. The molecule has 0 radical (unpaired) electrons. The van der Waals surface area contributed by atoms with Crippen LogP contribution in [0.2, 0.25) is 0 Å². The summed E-state index contributed by atoms with van der Waals surface area (Å²) in [5.41, 5.74) is 7.50. The second-order valence-corrected chi connectivity index (χ2v) is 3.79. The summed E-state index contributed by atoms with van der Waals surface area (Å²) >= 11 is 0. The van der Waals surface area contributed by atoms with Crippen LogP contribution in [0, 0.1) is 0 Å². The highest BCUT2D eigenvalue weighted by Crippen LogP contribution is 2.23. The zero-order valence-electron chi connectivity index (χ0n) is 9.33. The molecule has 0 fully saturated rings. The van der Waals surface area contributed by atoms with Gasteiger partial charge in [-0.3, -0.25) is 4.79 Å². The van der Waals surface area contributed by atoms with Crippen LogP contribution in [-0.2, 0) is 0 Å². The first kappa shape index (κ1) is 10.5. The van der Waals surface area contributed by atoms with Gasteiger partial charge in [0.15, 0.2) is 11.2 Å². The zero-order valence-corrected chi connectivity index (χ0v) is 9.33. The SMILES string of the molecule is NC(=O)c1cccc(-c2nc3ncccc3o2)c1. The maximum Gasteiger partial charge on any atom is 0.248 e. The Morgan fingerprint density at radius 1 is 1.22 bits per heavy atom. The van der Waals surface area contributed by atoms with Crippen molar-refractivity contribution < 1.29 is 9.21 Å². The largest absolute Gasteiger partial charge is 0.434 e. The van der Waals surface area contributed by atoms with Gasteiger partial charge in [-0.1, -0.05) is 6.07 Å². The molecule has 0 saturated carbocycles. The fourth-order valence-corrected chi connectivity index (χ4v) is 1.70. The molecule has 0 atom stereocenters. The molecule has 0 spiro atoms. The number of fused-ring (bicyclic) bond motifs is 1. The molecular weight excluding hydrogens is 230 g/mol. The molecule has 0 aliphatic rings. The fraction of sp³-hybridized carbons (Fsp3) is 0. The van der Waals surface area contributed by atoms with Gasteiger partial charge in [0.05, 0.1) is 0 Å². The Labute approximate surface area is 102 Å². The monoisotopic (exact) mass is 239 g/mol. The van der Waals surface area contributed by atoms with E-state index >= 15 is 0 Å². The van der Waals surface area contributed by atoms with Gasteiger partial charge < -0.3 is 10.2 Å². The third-order valence-electron chi connectivity index (χ3n) is 2.56. The normalized spacial score (nSPS) is 10.7. The molecule has 1 amide bonds. The van der Waals surface area contributed by atoms with E-state index in [2.05, 4.69) is 9.97 Å². The molecule has 3 aromatic rings. The van der Waals surface area contributed by atoms with Gasteiger partial charge in [-0.25, -0.2) is 4.98 Å². The molecule has 5 heteroatoms. The van der Waals surface area contributed by atoms with Crippen LogP contribution < -0.4 is 5.73 Å². The van der Waals surface area contributed by atoms with E-state index in [4.69, 9.17) is 10.2 Å². The van der Waals surface area contributed by atoms with Crippen molar-refractivity contribution in [3.63, 3.8) is 0 Å². The highest BCUT2D eigenvalue weighted by molar-refractivity contribution is 5.93. The Bertz CT molecular complexity index is 701. The van der Waals surface area contributed by atoms with Crippen LogP contribution in [0.4, 0.5) is 0 Å².